The number of piperidine rings is 1. The van der Waals surface area contributed by atoms with Gasteiger partial charge in [0.25, 0.3) is 0 Å². The molecule has 4 nitrogen and oxygen atoms in total. The van der Waals surface area contributed by atoms with Gasteiger partial charge in [-0.25, -0.2) is 0 Å². The number of likely N-dealkylation sites (tertiary alicyclic amines) is 1. The number of carbonyl (C=O) groups excluding carboxylic acids is 1. The number of ether oxygens (including phenoxy) is 1. The summed E-state index contributed by atoms with van der Waals surface area (Å²) in [6.45, 7) is 5.93. The number of nitrogens with zero attached hydrogens (tertiary/aromatic N) is 1. The molecule has 19 heavy (non-hydrogen) atoms. The number of rotatable bonds is 8. The van der Waals surface area contributed by atoms with Gasteiger partial charge in [-0.1, -0.05) is 19.8 Å². The molecule has 0 aromatic heterocycles. The maximum Gasteiger partial charge on any atom is 0.248 e. The first-order valence-corrected chi connectivity index (χ1v) is 7.28. The number of carbonyl (C=O) groups is 1. The average Bonchev–Trinajstić information content (AvgIpc) is 2.39. The van der Waals surface area contributed by atoms with Crippen molar-refractivity contribution in [2.45, 2.75) is 39.0 Å². The van der Waals surface area contributed by atoms with Crippen molar-refractivity contribution in [3.8, 4) is 0 Å². The van der Waals surface area contributed by atoms with Crippen LogP contribution in [0.4, 0.5) is 0 Å². The summed E-state index contributed by atoms with van der Waals surface area (Å²) in [7, 11) is 1.97. The lowest BCUT2D eigenvalue weighted by Crippen LogP contribution is -2.44. The molecular weight excluding hydrogens is 264 g/mol. The van der Waals surface area contributed by atoms with E-state index < -0.39 is 0 Å². The van der Waals surface area contributed by atoms with E-state index in [9.17, 15) is 4.79 Å². The summed E-state index contributed by atoms with van der Waals surface area (Å²) >= 11 is 0. The molecule has 1 aliphatic rings. The normalized spacial score (nSPS) is 19.1. The molecule has 1 heterocycles. The van der Waals surface area contributed by atoms with Gasteiger partial charge in [-0.15, -0.1) is 12.4 Å². The summed E-state index contributed by atoms with van der Waals surface area (Å²) in [4.78, 5) is 13.9. The highest BCUT2D eigenvalue weighted by Gasteiger charge is 2.22. The molecule has 1 unspecified atom stereocenters. The number of amides is 1. The number of unbranched alkanes of at least 4 members (excludes halogenated alkanes) is 2. The zero-order chi connectivity index (χ0) is 13.2. The van der Waals surface area contributed by atoms with E-state index in [1.165, 1.54) is 19.3 Å². The minimum Gasteiger partial charge on any atom is -0.372 e. The minimum absolute atomic E-state index is 0. The number of nitrogens with one attached hydrogen (secondary N) is 1. The third-order valence-corrected chi connectivity index (χ3v) is 3.48. The van der Waals surface area contributed by atoms with Crippen molar-refractivity contribution < 1.29 is 9.53 Å². The van der Waals surface area contributed by atoms with E-state index in [0.717, 1.165) is 32.5 Å². The Morgan fingerprint density at radius 3 is 2.89 bits per heavy atom. The van der Waals surface area contributed by atoms with Crippen molar-refractivity contribution in [1.82, 2.24) is 10.2 Å². The zero-order valence-corrected chi connectivity index (χ0v) is 13.1. The first-order chi connectivity index (χ1) is 8.77. The van der Waals surface area contributed by atoms with E-state index in [1.54, 1.807) is 0 Å². The van der Waals surface area contributed by atoms with Crippen LogP contribution >= 0.6 is 12.4 Å². The number of hydrogen-bond donors (Lipinski definition) is 1. The molecule has 0 aliphatic carbocycles. The van der Waals surface area contributed by atoms with Crippen molar-refractivity contribution >= 4 is 18.3 Å². The second kappa shape index (κ2) is 11.5. The SMILES string of the molecule is CCCCCOCC(=O)N1CCCC(CNC)C1.Cl. The van der Waals surface area contributed by atoms with E-state index in [4.69, 9.17) is 4.74 Å². The van der Waals surface area contributed by atoms with Gasteiger partial charge in [0.1, 0.15) is 6.61 Å². The molecule has 0 spiro atoms. The Bertz CT molecular complexity index is 237. The van der Waals surface area contributed by atoms with Gasteiger partial charge in [0, 0.05) is 19.7 Å². The largest absolute Gasteiger partial charge is 0.372 e. The first-order valence-electron chi connectivity index (χ1n) is 7.28. The molecule has 1 aliphatic heterocycles. The molecule has 0 bridgehead atoms. The van der Waals surface area contributed by atoms with E-state index in [-0.39, 0.29) is 24.9 Å². The molecule has 5 heteroatoms. The third kappa shape index (κ3) is 7.75. The van der Waals surface area contributed by atoms with Gasteiger partial charge < -0.3 is 15.0 Å². The summed E-state index contributed by atoms with van der Waals surface area (Å²) in [6, 6.07) is 0. The highest BCUT2D eigenvalue weighted by atomic mass is 35.5. The molecule has 1 N–H and O–H groups in total. The van der Waals surface area contributed by atoms with Gasteiger partial charge in [-0.05, 0) is 38.8 Å². The molecule has 0 aromatic rings. The van der Waals surface area contributed by atoms with E-state index in [0.29, 0.717) is 12.5 Å². The van der Waals surface area contributed by atoms with Crippen molar-refractivity contribution in [1.29, 1.82) is 0 Å². The van der Waals surface area contributed by atoms with Gasteiger partial charge >= 0.3 is 0 Å². The highest BCUT2D eigenvalue weighted by molar-refractivity contribution is 5.85. The Kier molecular flexibility index (Phi) is 11.3. The monoisotopic (exact) mass is 292 g/mol. The highest BCUT2D eigenvalue weighted by Crippen LogP contribution is 2.15. The lowest BCUT2D eigenvalue weighted by atomic mass is 9.98. The van der Waals surface area contributed by atoms with E-state index in [1.807, 2.05) is 11.9 Å². The van der Waals surface area contributed by atoms with Crippen LogP contribution in [0.1, 0.15) is 39.0 Å². The summed E-state index contributed by atoms with van der Waals surface area (Å²) in [5, 5.41) is 3.19. The van der Waals surface area contributed by atoms with Gasteiger partial charge in [0.15, 0.2) is 0 Å². The Balaban J connectivity index is 0.00000324. The standard InChI is InChI=1S/C14H28N2O2.ClH/c1-3-4-5-9-18-12-14(17)16-8-6-7-13(11-16)10-15-2;/h13,15H,3-12H2,1-2H3;1H. The van der Waals surface area contributed by atoms with Gasteiger partial charge in [0.2, 0.25) is 5.91 Å². The maximum absolute atomic E-state index is 12.0. The lowest BCUT2D eigenvalue weighted by Gasteiger charge is -2.32. The topological polar surface area (TPSA) is 41.6 Å². The Hall–Kier alpha value is -0.320. The quantitative estimate of drug-likeness (QED) is 0.697. The summed E-state index contributed by atoms with van der Waals surface area (Å²) in [6.07, 6.45) is 5.78. The van der Waals surface area contributed by atoms with E-state index in [2.05, 4.69) is 12.2 Å². The molecule has 1 atom stereocenters. The van der Waals surface area contributed by atoms with Crippen molar-refractivity contribution in [3.05, 3.63) is 0 Å². The Labute approximate surface area is 123 Å². The molecule has 1 amide bonds. The van der Waals surface area contributed by atoms with Crippen LogP contribution in [0, 0.1) is 5.92 Å². The fourth-order valence-electron chi connectivity index (χ4n) is 2.45. The van der Waals surface area contributed by atoms with Gasteiger partial charge in [-0.3, -0.25) is 4.79 Å². The van der Waals surface area contributed by atoms with Crippen LogP contribution in [0.3, 0.4) is 0 Å². The van der Waals surface area contributed by atoms with Crippen LogP contribution in [-0.2, 0) is 9.53 Å². The minimum atomic E-state index is 0. The molecule has 1 fully saturated rings. The maximum atomic E-state index is 12.0. The molecule has 0 saturated carbocycles. The van der Waals surface area contributed by atoms with Crippen LogP contribution in [0.2, 0.25) is 0 Å². The Morgan fingerprint density at radius 2 is 2.21 bits per heavy atom. The van der Waals surface area contributed by atoms with Crippen LogP contribution < -0.4 is 5.32 Å². The second-order valence-corrected chi connectivity index (χ2v) is 5.17. The van der Waals surface area contributed by atoms with Crippen LogP contribution in [0.5, 0.6) is 0 Å². The summed E-state index contributed by atoms with van der Waals surface area (Å²) in [5.41, 5.74) is 0. The molecular formula is C14H29ClN2O2. The Morgan fingerprint density at radius 1 is 1.42 bits per heavy atom. The first kappa shape index (κ1) is 18.7. The fraction of sp³-hybridized carbons (Fsp3) is 0.929. The molecule has 1 rings (SSSR count). The summed E-state index contributed by atoms with van der Waals surface area (Å²) < 4.78 is 5.44. The number of halogens is 1. The smallest absolute Gasteiger partial charge is 0.248 e. The molecule has 0 aromatic carbocycles. The third-order valence-electron chi connectivity index (χ3n) is 3.48. The van der Waals surface area contributed by atoms with Crippen molar-refractivity contribution in [3.63, 3.8) is 0 Å². The molecule has 1 saturated heterocycles. The zero-order valence-electron chi connectivity index (χ0n) is 12.3. The predicted molar refractivity (Wildman–Crippen MR) is 80.8 cm³/mol. The van der Waals surface area contributed by atoms with Crippen LogP contribution in [0.25, 0.3) is 0 Å². The van der Waals surface area contributed by atoms with Crippen LogP contribution in [0.15, 0.2) is 0 Å². The second-order valence-electron chi connectivity index (χ2n) is 5.17. The molecule has 114 valence electrons. The van der Waals surface area contributed by atoms with Crippen molar-refractivity contribution in [2.24, 2.45) is 5.92 Å². The fourth-order valence-corrected chi connectivity index (χ4v) is 2.45. The lowest BCUT2D eigenvalue weighted by molar-refractivity contribution is -0.138. The number of hydrogen-bond acceptors (Lipinski definition) is 3. The van der Waals surface area contributed by atoms with E-state index >= 15 is 0 Å². The summed E-state index contributed by atoms with van der Waals surface area (Å²) in [5.74, 6) is 0.764. The molecule has 0 radical (unpaired) electrons. The van der Waals surface area contributed by atoms with Crippen molar-refractivity contribution in [2.75, 3.05) is 39.9 Å². The predicted octanol–water partition coefficient (Wildman–Crippen LogP) is 2.07. The van der Waals surface area contributed by atoms with Gasteiger partial charge in [0.05, 0.1) is 0 Å². The van der Waals surface area contributed by atoms with Crippen LogP contribution in [-0.4, -0.2) is 50.7 Å². The average molecular weight is 293 g/mol. The van der Waals surface area contributed by atoms with Gasteiger partial charge in [-0.2, -0.15) is 0 Å².